The van der Waals surface area contributed by atoms with Crippen LogP contribution in [0.5, 0.6) is 0 Å². The Morgan fingerprint density at radius 2 is 1.96 bits per heavy atom. The van der Waals surface area contributed by atoms with Gasteiger partial charge in [0.1, 0.15) is 5.82 Å². The molecule has 0 aliphatic rings. The molecule has 2 aromatic rings. The summed E-state index contributed by atoms with van der Waals surface area (Å²) in [6.07, 6.45) is 0. The van der Waals surface area contributed by atoms with E-state index in [1.165, 1.54) is 13.1 Å². The second kappa shape index (κ2) is 6.44. The van der Waals surface area contributed by atoms with Gasteiger partial charge < -0.3 is 9.88 Å². The molecule has 0 aliphatic heterocycles. The second-order valence-electron chi connectivity index (χ2n) is 5.11. The van der Waals surface area contributed by atoms with Gasteiger partial charge in [-0.3, -0.25) is 9.59 Å². The molecule has 0 radical (unpaired) electrons. The maximum Gasteiger partial charge on any atom is 0.245 e. The molecular formula is C17H16FN3O2. The lowest BCUT2D eigenvalue weighted by atomic mass is 9.98. The predicted octanol–water partition coefficient (Wildman–Crippen LogP) is 2.30. The highest BCUT2D eigenvalue weighted by Crippen LogP contribution is 2.24. The fourth-order valence-electron chi connectivity index (χ4n) is 2.55. The minimum Gasteiger partial charge on any atom is -0.358 e. The zero-order chi connectivity index (χ0) is 17.1. The van der Waals surface area contributed by atoms with Gasteiger partial charge in [-0.05, 0) is 32.0 Å². The van der Waals surface area contributed by atoms with Crippen molar-refractivity contribution in [3.8, 4) is 11.8 Å². The van der Waals surface area contributed by atoms with Crippen LogP contribution in [0.15, 0.2) is 30.3 Å². The van der Waals surface area contributed by atoms with Crippen molar-refractivity contribution in [2.75, 3.05) is 7.05 Å². The number of rotatable bonds is 4. The molecule has 0 fully saturated rings. The van der Waals surface area contributed by atoms with Gasteiger partial charge in [0.15, 0.2) is 11.7 Å². The molecule has 5 nitrogen and oxygen atoms in total. The summed E-state index contributed by atoms with van der Waals surface area (Å²) >= 11 is 0. The molecule has 0 aliphatic carbocycles. The van der Waals surface area contributed by atoms with Gasteiger partial charge >= 0.3 is 0 Å². The zero-order valence-electron chi connectivity index (χ0n) is 13.1. The number of hydrogen-bond donors (Lipinski definition) is 1. The van der Waals surface area contributed by atoms with Gasteiger partial charge in [0.05, 0.1) is 11.8 Å². The number of aryl methyl sites for hydroxylation is 1. The first kappa shape index (κ1) is 16.4. The van der Waals surface area contributed by atoms with Gasteiger partial charge in [-0.1, -0.05) is 12.1 Å². The fourth-order valence-corrected chi connectivity index (χ4v) is 2.55. The van der Waals surface area contributed by atoms with E-state index in [4.69, 9.17) is 5.26 Å². The lowest BCUT2D eigenvalue weighted by Crippen LogP contribution is -2.32. The minimum atomic E-state index is -1.42. The monoisotopic (exact) mass is 313 g/mol. The summed E-state index contributed by atoms with van der Waals surface area (Å²) in [5.41, 5.74) is 1.68. The lowest BCUT2D eigenvalue weighted by Gasteiger charge is -2.11. The number of benzene rings is 1. The molecule has 23 heavy (non-hydrogen) atoms. The summed E-state index contributed by atoms with van der Waals surface area (Å²) in [6, 6.07) is 9.49. The maximum atomic E-state index is 14.0. The van der Waals surface area contributed by atoms with E-state index in [1.54, 1.807) is 48.7 Å². The topological polar surface area (TPSA) is 74.9 Å². The number of nitrogens with one attached hydrogen (secondary N) is 1. The second-order valence-corrected chi connectivity index (χ2v) is 5.11. The molecular weight excluding hydrogens is 297 g/mol. The zero-order valence-corrected chi connectivity index (χ0v) is 13.1. The molecule has 2 rings (SSSR count). The van der Waals surface area contributed by atoms with Gasteiger partial charge in [-0.2, -0.15) is 5.26 Å². The number of nitrogens with zero attached hydrogens (tertiary/aromatic N) is 2. The third-order valence-corrected chi connectivity index (χ3v) is 3.69. The Hall–Kier alpha value is -2.94. The van der Waals surface area contributed by atoms with Crippen LogP contribution < -0.4 is 5.32 Å². The van der Waals surface area contributed by atoms with E-state index in [2.05, 4.69) is 5.32 Å². The van der Waals surface area contributed by atoms with Crippen LogP contribution in [-0.4, -0.2) is 23.3 Å². The molecule has 0 saturated carbocycles. The van der Waals surface area contributed by atoms with Crippen LogP contribution in [0.4, 0.5) is 4.39 Å². The average molecular weight is 313 g/mol. The predicted molar refractivity (Wildman–Crippen MR) is 82.7 cm³/mol. The van der Waals surface area contributed by atoms with Crippen molar-refractivity contribution < 1.29 is 14.0 Å². The van der Waals surface area contributed by atoms with Crippen LogP contribution in [0.1, 0.15) is 21.7 Å². The highest BCUT2D eigenvalue weighted by Gasteiger charge is 2.29. The Balaban J connectivity index is 2.55. The lowest BCUT2D eigenvalue weighted by molar-refractivity contribution is -0.121. The first-order valence-electron chi connectivity index (χ1n) is 7.01. The van der Waals surface area contributed by atoms with Gasteiger partial charge in [0.25, 0.3) is 0 Å². The molecule has 1 amide bonds. The van der Waals surface area contributed by atoms with Crippen molar-refractivity contribution in [2.24, 2.45) is 5.92 Å². The first-order valence-corrected chi connectivity index (χ1v) is 7.01. The van der Waals surface area contributed by atoms with Crippen LogP contribution in [0.25, 0.3) is 5.69 Å². The molecule has 1 heterocycles. The standard InChI is InChI=1S/C17H16FN3O2/c1-10-8-12(16(22)13(9-19)17(23)20-3)11(2)21(10)15-7-5-4-6-14(15)18/h4-8,13H,1-3H3,(H,20,23). The van der Waals surface area contributed by atoms with Gasteiger partial charge in [-0.15, -0.1) is 0 Å². The smallest absolute Gasteiger partial charge is 0.245 e. The molecule has 1 aromatic carbocycles. The van der Waals surface area contributed by atoms with E-state index in [0.29, 0.717) is 17.1 Å². The number of carbonyl (C=O) groups is 2. The molecule has 118 valence electrons. The number of carbonyl (C=O) groups excluding carboxylic acids is 2. The summed E-state index contributed by atoms with van der Waals surface area (Å²) in [7, 11) is 1.36. The number of Topliss-reactive ketones (excluding diaryl/α,β-unsaturated/α-hetero) is 1. The highest BCUT2D eigenvalue weighted by atomic mass is 19.1. The number of nitriles is 1. The highest BCUT2D eigenvalue weighted by molar-refractivity contribution is 6.12. The largest absolute Gasteiger partial charge is 0.358 e. The van der Waals surface area contributed by atoms with E-state index in [0.717, 1.165) is 0 Å². The van der Waals surface area contributed by atoms with E-state index >= 15 is 0 Å². The Bertz CT molecular complexity index is 818. The summed E-state index contributed by atoms with van der Waals surface area (Å²) in [4.78, 5) is 24.2. The maximum absolute atomic E-state index is 14.0. The Morgan fingerprint density at radius 3 is 2.52 bits per heavy atom. The van der Waals surface area contributed by atoms with Crippen molar-refractivity contribution in [3.63, 3.8) is 0 Å². The third kappa shape index (κ3) is 2.86. The number of ketones is 1. The summed E-state index contributed by atoms with van der Waals surface area (Å²) in [5.74, 6) is -3.10. The van der Waals surface area contributed by atoms with Crippen molar-refractivity contribution in [1.82, 2.24) is 9.88 Å². The number of aromatic nitrogens is 1. The number of para-hydroxylation sites is 1. The summed E-state index contributed by atoms with van der Waals surface area (Å²) in [6.45, 7) is 3.39. The van der Waals surface area contributed by atoms with E-state index in [9.17, 15) is 14.0 Å². The Labute approximate surface area is 133 Å². The quantitative estimate of drug-likeness (QED) is 0.695. The van der Waals surface area contributed by atoms with Crippen molar-refractivity contribution in [2.45, 2.75) is 13.8 Å². The first-order chi connectivity index (χ1) is 10.9. The molecule has 6 heteroatoms. The van der Waals surface area contributed by atoms with Crippen LogP contribution in [0.2, 0.25) is 0 Å². The number of amides is 1. The van der Waals surface area contributed by atoms with E-state index in [1.807, 2.05) is 0 Å². The van der Waals surface area contributed by atoms with Gasteiger partial charge in [-0.25, -0.2) is 4.39 Å². The third-order valence-electron chi connectivity index (χ3n) is 3.69. The Morgan fingerprint density at radius 1 is 1.30 bits per heavy atom. The molecule has 0 saturated heterocycles. The van der Waals surface area contributed by atoms with E-state index < -0.39 is 23.4 Å². The van der Waals surface area contributed by atoms with Crippen LogP contribution in [0.3, 0.4) is 0 Å². The number of hydrogen-bond acceptors (Lipinski definition) is 3. The molecule has 1 aromatic heterocycles. The fraction of sp³-hybridized carbons (Fsp3) is 0.235. The normalized spacial score (nSPS) is 11.6. The molecule has 1 N–H and O–H groups in total. The average Bonchev–Trinajstić information content (AvgIpc) is 2.83. The van der Waals surface area contributed by atoms with Crippen molar-refractivity contribution in [3.05, 3.63) is 53.1 Å². The van der Waals surface area contributed by atoms with Crippen LogP contribution >= 0.6 is 0 Å². The number of halogens is 1. The van der Waals surface area contributed by atoms with Crippen LogP contribution in [0, 0.1) is 36.9 Å². The van der Waals surface area contributed by atoms with Gasteiger partial charge in [0, 0.05) is 24.0 Å². The Kier molecular flexibility index (Phi) is 4.60. The van der Waals surface area contributed by atoms with Crippen molar-refractivity contribution >= 4 is 11.7 Å². The molecule has 0 bridgehead atoms. The molecule has 1 unspecified atom stereocenters. The molecule has 1 atom stereocenters. The van der Waals surface area contributed by atoms with Crippen molar-refractivity contribution in [1.29, 1.82) is 5.26 Å². The van der Waals surface area contributed by atoms with Gasteiger partial charge in [0.2, 0.25) is 5.91 Å². The van der Waals surface area contributed by atoms with Crippen LogP contribution in [-0.2, 0) is 4.79 Å². The molecule has 0 spiro atoms. The SMILES string of the molecule is CNC(=O)C(C#N)C(=O)c1cc(C)n(-c2ccccc2F)c1C. The summed E-state index contributed by atoms with van der Waals surface area (Å²) in [5, 5.41) is 11.4. The van der Waals surface area contributed by atoms with E-state index in [-0.39, 0.29) is 5.56 Å². The summed E-state index contributed by atoms with van der Waals surface area (Å²) < 4.78 is 15.6. The minimum absolute atomic E-state index is 0.237.